The minimum Gasteiger partial charge on any atom is -0.400 e. The monoisotopic (exact) mass is 404 g/mol. The molecule has 1 fully saturated rings. The van der Waals surface area contributed by atoms with Crippen molar-refractivity contribution >= 4 is 49.4 Å². The van der Waals surface area contributed by atoms with Gasteiger partial charge >= 0.3 is 11.9 Å². The quantitative estimate of drug-likeness (QED) is 0.330. The first-order valence-electron chi connectivity index (χ1n) is 6.40. The third-order valence-corrected chi connectivity index (χ3v) is 2.04. The summed E-state index contributed by atoms with van der Waals surface area (Å²) in [6.45, 7) is 3.21. The highest BCUT2D eigenvalue weighted by Gasteiger charge is 2.16. The predicted molar refractivity (Wildman–Crippen MR) is 84.7 cm³/mol. The topological polar surface area (TPSA) is 107 Å². The number of unbranched alkanes of at least 4 members (excludes halogenated alkanes) is 2. The van der Waals surface area contributed by atoms with Crippen LogP contribution in [0, 0.1) is 0 Å². The van der Waals surface area contributed by atoms with Crippen molar-refractivity contribution in [3.05, 3.63) is 0 Å². The molecule has 0 spiro atoms. The van der Waals surface area contributed by atoms with Gasteiger partial charge in [-0.15, -0.1) is 0 Å². The van der Waals surface area contributed by atoms with Gasteiger partial charge in [-0.05, 0) is 34.0 Å². The maximum Gasteiger partial charge on any atom is 0.339 e. The molecule has 0 bridgehead atoms. The highest BCUT2D eigenvalue weighted by molar-refractivity contribution is 9.18. The molecule has 0 atom stereocenters. The van der Waals surface area contributed by atoms with Gasteiger partial charge in [0.1, 0.15) is 13.2 Å². The summed E-state index contributed by atoms with van der Waals surface area (Å²) >= 11 is 7.50. The van der Waals surface area contributed by atoms with E-state index in [2.05, 4.69) is 43.9 Å². The van der Waals surface area contributed by atoms with Crippen LogP contribution in [0.4, 0.5) is 0 Å². The summed E-state index contributed by atoms with van der Waals surface area (Å²) in [6.07, 6.45) is 4.06. The summed E-state index contributed by atoms with van der Waals surface area (Å²) in [5.74, 6) is -1.22. The van der Waals surface area contributed by atoms with Gasteiger partial charge in [0.2, 0.25) is 5.24 Å². The Hall–Kier alpha value is -0.830. The Kier molecular flexibility index (Phi) is 23.9. The van der Waals surface area contributed by atoms with Gasteiger partial charge in [-0.1, -0.05) is 19.8 Å². The van der Waals surface area contributed by atoms with Gasteiger partial charge in [-0.2, -0.15) is 0 Å². The Morgan fingerprint density at radius 1 is 1.18 bits per heavy atom. The summed E-state index contributed by atoms with van der Waals surface area (Å²) in [5, 5.41) is 6.64. The highest BCUT2D eigenvalue weighted by atomic mass is 79.9. The molecule has 0 amide bonds. The summed E-state index contributed by atoms with van der Waals surface area (Å²) in [4.78, 5) is 39.7. The number of ether oxygens (including phenoxy) is 2. The first-order chi connectivity index (χ1) is 10.3. The number of rotatable bonds is 4. The molecule has 22 heavy (non-hydrogen) atoms. The predicted octanol–water partition coefficient (Wildman–Crippen LogP) is 1.95. The molecule has 0 aromatic rings. The van der Waals surface area contributed by atoms with Crippen molar-refractivity contribution in [1.82, 2.24) is 0 Å². The number of carbonyl (C=O) groups is 4. The van der Waals surface area contributed by atoms with Crippen molar-refractivity contribution in [1.29, 1.82) is 0 Å². The van der Waals surface area contributed by atoms with Gasteiger partial charge in [-0.3, -0.25) is 9.59 Å². The minimum atomic E-state index is -0.610. The molecule has 0 aromatic carbocycles. The Labute approximate surface area is 143 Å². The molecule has 1 aliphatic heterocycles. The van der Waals surface area contributed by atoms with E-state index in [4.69, 9.17) is 5.11 Å². The SMILES string of the molecule is CC(=O)Cl.CCCCCC(=O)Br.CO.O=C1COCC(=O)O1. The van der Waals surface area contributed by atoms with E-state index < -0.39 is 11.9 Å². The minimum absolute atomic E-state index is 0.105. The third kappa shape index (κ3) is 31.5. The zero-order valence-electron chi connectivity index (χ0n) is 12.9. The van der Waals surface area contributed by atoms with Crippen LogP contribution >= 0.6 is 27.5 Å². The van der Waals surface area contributed by atoms with Gasteiger partial charge in [0.25, 0.3) is 0 Å². The van der Waals surface area contributed by atoms with Crippen LogP contribution in [0.1, 0.15) is 39.5 Å². The zero-order chi connectivity index (χ0) is 18.0. The first-order valence-corrected chi connectivity index (χ1v) is 7.57. The van der Waals surface area contributed by atoms with Crippen LogP contribution in [0.15, 0.2) is 0 Å². The number of esters is 2. The lowest BCUT2D eigenvalue weighted by Gasteiger charge is -2.07. The fourth-order valence-electron chi connectivity index (χ4n) is 0.918. The van der Waals surface area contributed by atoms with E-state index in [-0.39, 0.29) is 23.1 Å². The smallest absolute Gasteiger partial charge is 0.339 e. The van der Waals surface area contributed by atoms with Crippen LogP contribution < -0.4 is 0 Å². The zero-order valence-corrected chi connectivity index (χ0v) is 15.2. The summed E-state index contributed by atoms with van der Waals surface area (Å²) in [5.41, 5.74) is 0. The molecule has 0 aromatic heterocycles. The molecule has 1 aliphatic rings. The second-order valence-corrected chi connectivity index (χ2v) is 5.04. The molecule has 1 heterocycles. The van der Waals surface area contributed by atoms with Gasteiger partial charge in [-0.25, -0.2) is 9.59 Å². The van der Waals surface area contributed by atoms with Gasteiger partial charge in [0.05, 0.1) is 0 Å². The molecular weight excluding hydrogens is 383 g/mol. The molecule has 1 rings (SSSR count). The Morgan fingerprint density at radius 3 is 1.82 bits per heavy atom. The molecule has 1 N–H and O–H groups in total. The normalized spacial score (nSPS) is 12.3. The van der Waals surface area contributed by atoms with E-state index in [1.165, 1.54) is 13.3 Å². The number of carbonyl (C=O) groups excluding carboxylic acids is 4. The van der Waals surface area contributed by atoms with E-state index >= 15 is 0 Å². The average molecular weight is 406 g/mol. The standard InChI is InChI=1S/C6H11BrO.C4H4O4.C2H3ClO.CH4O/c1-2-3-4-5-6(7)8;5-3-1-7-2-4(6)8-3;1-2(3)4;1-2/h2-5H2,1H3;1-2H2;1H3;2H,1H3. The van der Waals surface area contributed by atoms with E-state index in [1.807, 2.05) is 0 Å². The van der Waals surface area contributed by atoms with Crippen molar-refractivity contribution in [2.45, 2.75) is 39.5 Å². The average Bonchev–Trinajstić information content (AvgIpc) is 2.41. The maximum atomic E-state index is 10.2. The van der Waals surface area contributed by atoms with Crippen LogP contribution in [0.2, 0.25) is 0 Å². The molecular formula is C13H22BrClO7. The molecule has 0 radical (unpaired) electrons. The third-order valence-electron chi connectivity index (χ3n) is 1.64. The van der Waals surface area contributed by atoms with Crippen LogP contribution in [0.5, 0.6) is 0 Å². The number of hydrogen-bond acceptors (Lipinski definition) is 7. The molecule has 9 heteroatoms. The van der Waals surface area contributed by atoms with Crippen molar-refractivity contribution in [3.63, 3.8) is 0 Å². The number of cyclic esters (lactones) is 2. The van der Waals surface area contributed by atoms with Crippen molar-refractivity contribution < 1.29 is 33.8 Å². The fourth-order valence-corrected chi connectivity index (χ4v) is 1.20. The first kappa shape index (κ1) is 26.1. The Morgan fingerprint density at radius 2 is 1.59 bits per heavy atom. The molecule has 0 aliphatic carbocycles. The molecule has 1 saturated heterocycles. The van der Waals surface area contributed by atoms with E-state index in [0.29, 0.717) is 6.42 Å². The summed E-state index contributed by atoms with van der Waals surface area (Å²) in [7, 11) is 1.00. The van der Waals surface area contributed by atoms with Crippen LogP contribution in [-0.4, -0.2) is 47.3 Å². The van der Waals surface area contributed by atoms with Crippen molar-refractivity contribution in [3.8, 4) is 0 Å². The van der Waals surface area contributed by atoms with Crippen LogP contribution in [0.25, 0.3) is 0 Å². The van der Waals surface area contributed by atoms with Crippen molar-refractivity contribution in [2.75, 3.05) is 20.3 Å². The second-order valence-electron chi connectivity index (χ2n) is 3.62. The molecule has 7 nitrogen and oxygen atoms in total. The highest BCUT2D eigenvalue weighted by Crippen LogP contribution is 2.02. The maximum absolute atomic E-state index is 10.2. The second kappa shape index (κ2) is 20.2. The van der Waals surface area contributed by atoms with Gasteiger partial charge < -0.3 is 14.6 Å². The van der Waals surface area contributed by atoms with Crippen LogP contribution in [0.3, 0.4) is 0 Å². The summed E-state index contributed by atoms with van der Waals surface area (Å²) in [6, 6.07) is 0. The molecule has 130 valence electrons. The fraction of sp³-hybridized carbons (Fsp3) is 0.692. The van der Waals surface area contributed by atoms with E-state index in [1.54, 1.807) is 0 Å². The summed E-state index contributed by atoms with van der Waals surface area (Å²) < 4.78 is 8.68. The lowest BCUT2D eigenvalue weighted by molar-refractivity contribution is -0.174. The van der Waals surface area contributed by atoms with Crippen molar-refractivity contribution in [2.24, 2.45) is 0 Å². The number of halogens is 2. The van der Waals surface area contributed by atoms with Crippen LogP contribution in [-0.2, 0) is 28.7 Å². The number of hydrogen-bond donors (Lipinski definition) is 1. The Bertz CT molecular complexity index is 316. The molecule has 0 unspecified atom stereocenters. The van der Waals surface area contributed by atoms with Gasteiger partial charge in [0, 0.05) is 20.5 Å². The molecule has 0 saturated carbocycles. The number of aliphatic hydroxyl groups is 1. The largest absolute Gasteiger partial charge is 0.400 e. The van der Waals surface area contributed by atoms with E-state index in [0.717, 1.165) is 20.0 Å². The number of aliphatic hydroxyl groups excluding tert-OH is 1. The Balaban J connectivity index is -0.000000245. The van der Waals surface area contributed by atoms with Gasteiger partial charge in [0.15, 0.2) is 4.69 Å². The lowest BCUT2D eigenvalue weighted by atomic mass is 10.2. The van der Waals surface area contributed by atoms with E-state index in [9.17, 15) is 19.2 Å². The lowest BCUT2D eigenvalue weighted by Crippen LogP contribution is -2.28.